The van der Waals surface area contributed by atoms with Gasteiger partial charge < -0.3 is 10.2 Å². The van der Waals surface area contributed by atoms with Crippen molar-refractivity contribution in [3.63, 3.8) is 0 Å². The van der Waals surface area contributed by atoms with Gasteiger partial charge in [0.25, 0.3) is 0 Å². The largest absolute Gasteiger partial charge is 0.480 e. The SMILES string of the molecule is Cc1ccc2c(c1)CC2(C(=O)O)C(=O)O. The van der Waals surface area contributed by atoms with Gasteiger partial charge in [0.1, 0.15) is 0 Å². The monoisotopic (exact) mass is 206 g/mol. The number of aliphatic carboxylic acids is 2. The van der Waals surface area contributed by atoms with Crippen molar-refractivity contribution >= 4 is 11.9 Å². The van der Waals surface area contributed by atoms with Gasteiger partial charge in [0.2, 0.25) is 0 Å². The summed E-state index contributed by atoms with van der Waals surface area (Å²) in [6.45, 7) is 1.89. The van der Waals surface area contributed by atoms with E-state index in [0.29, 0.717) is 5.56 Å². The average molecular weight is 206 g/mol. The Balaban J connectivity index is 2.56. The van der Waals surface area contributed by atoms with Crippen molar-refractivity contribution in [1.82, 2.24) is 0 Å². The zero-order valence-corrected chi connectivity index (χ0v) is 8.15. The van der Waals surface area contributed by atoms with Crippen LogP contribution in [0.5, 0.6) is 0 Å². The molecule has 0 amide bonds. The fourth-order valence-corrected chi connectivity index (χ4v) is 2.03. The van der Waals surface area contributed by atoms with E-state index < -0.39 is 17.4 Å². The lowest BCUT2D eigenvalue weighted by Crippen LogP contribution is -2.52. The lowest BCUT2D eigenvalue weighted by Gasteiger charge is -2.36. The normalized spacial score (nSPS) is 16.3. The van der Waals surface area contributed by atoms with E-state index in [4.69, 9.17) is 10.2 Å². The van der Waals surface area contributed by atoms with Crippen molar-refractivity contribution in [2.45, 2.75) is 18.8 Å². The maximum atomic E-state index is 11.0. The maximum Gasteiger partial charge on any atom is 0.325 e. The Hall–Kier alpha value is -1.84. The third-order valence-corrected chi connectivity index (χ3v) is 2.91. The van der Waals surface area contributed by atoms with Crippen LogP contribution in [-0.2, 0) is 21.4 Å². The molecule has 1 aromatic rings. The minimum Gasteiger partial charge on any atom is -0.480 e. The molecule has 0 saturated carbocycles. The number of hydrogen-bond acceptors (Lipinski definition) is 2. The van der Waals surface area contributed by atoms with E-state index in [1.54, 1.807) is 12.1 Å². The lowest BCUT2D eigenvalue weighted by molar-refractivity contribution is -0.159. The number of rotatable bonds is 2. The van der Waals surface area contributed by atoms with Gasteiger partial charge in [0.15, 0.2) is 5.41 Å². The molecule has 2 rings (SSSR count). The van der Waals surface area contributed by atoms with E-state index in [-0.39, 0.29) is 6.42 Å². The van der Waals surface area contributed by atoms with Gasteiger partial charge in [-0.15, -0.1) is 0 Å². The van der Waals surface area contributed by atoms with Gasteiger partial charge in [-0.1, -0.05) is 23.8 Å². The van der Waals surface area contributed by atoms with Gasteiger partial charge in [-0.25, -0.2) is 0 Å². The predicted molar refractivity (Wildman–Crippen MR) is 51.8 cm³/mol. The van der Waals surface area contributed by atoms with Crippen molar-refractivity contribution in [2.75, 3.05) is 0 Å². The molecule has 15 heavy (non-hydrogen) atoms. The number of carboxylic acid groups (broad SMARTS) is 2. The number of carboxylic acids is 2. The second-order valence-corrected chi connectivity index (χ2v) is 3.85. The standard InChI is InChI=1S/C11H10O4/c1-6-2-3-8-7(4-6)5-11(8,9(12)13)10(14)15/h2-4H,5H2,1H3,(H,12,13)(H,14,15). The second kappa shape index (κ2) is 2.82. The summed E-state index contributed by atoms with van der Waals surface area (Å²) in [5.74, 6) is -2.57. The van der Waals surface area contributed by atoms with Crippen LogP contribution in [0.3, 0.4) is 0 Å². The minimum absolute atomic E-state index is 0.0781. The molecule has 0 aliphatic heterocycles. The summed E-state index contributed by atoms with van der Waals surface area (Å²) in [5.41, 5.74) is 0.522. The summed E-state index contributed by atoms with van der Waals surface area (Å²) >= 11 is 0. The van der Waals surface area contributed by atoms with Crippen LogP contribution < -0.4 is 0 Å². The molecule has 0 unspecified atom stereocenters. The number of hydrogen-bond donors (Lipinski definition) is 2. The van der Waals surface area contributed by atoms with Crippen molar-refractivity contribution in [2.24, 2.45) is 0 Å². The molecule has 0 saturated heterocycles. The van der Waals surface area contributed by atoms with Crippen LogP contribution in [0.1, 0.15) is 16.7 Å². The van der Waals surface area contributed by atoms with E-state index in [2.05, 4.69) is 0 Å². The Morgan fingerprint density at radius 3 is 2.33 bits per heavy atom. The zero-order valence-electron chi connectivity index (χ0n) is 8.15. The van der Waals surface area contributed by atoms with Crippen LogP contribution in [0, 0.1) is 6.92 Å². The highest BCUT2D eigenvalue weighted by atomic mass is 16.4. The van der Waals surface area contributed by atoms with Crippen LogP contribution in [-0.4, -0.2) is 22.2 Å². The third-order valence-electron chi connectivity index (χ3n) is 2.91. The van der Waals surface area contributed by atoms with Crippen LogP contribution in [0.15, 0.2) is 18.2 Å². The molecule has 0 fully saturated rings. The van der Waals surface area contributed by atoms with Gasteiger partial charge in [0.05, 0.1) is 0 Å². The summed E-state index contributed by atoms with van der Waals surface area (Å²) in [6, 6.07) is 5.16. The Morgan fingerprint density at radius 2 is 1.87 bits per heavy atom. The van der Waals surface area contributed by atoms with Crippen molar-refractivity contribution < 1.29 is 19.8 Å². The summed E-state index contributed by atoms with van der Waals surface area (Å²) in [5, 5.41) is 18.0. The van der Waals surface area contributed by atoms with Crippen LogP contribution in [0.4, 0.5) is 0 Å². The zero-order chi connectivity index (χ0) is 11.2. The maximum absolute atomic E-state index is 11.0. The topological polar surface area (TPSA) is 74.6 Å². The Morgan fingerprint density at radius 1 is 1.27 bits per heavy atom. The predicted octanol–water partition coefficient (Wildman–Crippen LogP) is 0.958. The first-order chi connectivity index (χ1) is 6.98. The molecule has 1 aliphatic rings. The summed E-state index contributed by atoms with van der Waals surface area (Å²) in [7, 11) is 0. The van der Waals surface area contributed by atoms with E-state index in [1.165, 1.54) is 0 Å². The Kier molecular flexibility index (Phi) is 1.83. The molecule has 78 valence electrons. The first-order valence-electron chi connectivity index (χ1n) is 4.55. The molecular weight excluding hydrogens is 196 g/mol. The second-order valence-electron chi connectivity index (χ2n) is 3.85. The molecule has 0 atom stereocenters. The van der Waals surface area contributed by atoms with E-state index in [9.17, 15) is 9.59 Å². The molecule has 0 bridgehead atoms. The molecular formula is C11H10O4. The summed E-state index contributed by atoms with van der Waals surface area (Å²) in [4.78, 5) is 22.0. The van der Waals surface area contributed by atoms with Crippen molar-refractivity contribution in [3.8, 4) is 0 Å². The summed E-state index contributed by atoms with van der Waals surface area (Å²) < 4.78 is 0. The van der Waals surface area contributed by atoms with Gasteiger partial charge in [-0.2, -0.15) is 0 Å². The number of aryl methyl sites for hydroxylation is 1. The van der Waals surface area contributed by atoms with Crippen LogP contribution in [0.2, 0.25) is 0 Å². The average Bonchev–Trinajstić information content (AvgIpc) is 2.08. The summed E-state index contributed by atoms with van der Waals surface area (Å²) in [6.07, 6.45) is 0.0781. The van der Waals surface area contributed by atoms with Gasteiger partial charge in [0, 0.05) is 6.42 Å². The van der Waals surface area contributed by atoms with Gasteiger partial charge in [-0.05, 0) is 18.1 Å². The molecule has 0 aromatic heterocycles. The molecule has 0 heterocycles. The molecule has 2 N–H and O–H groups in total. The quantitative estimate of drug-likeness (QED) is 0.707. The van der Waals surface area contributed by atoms with Crippen molar-refractivity contribution in [3.05, 3.63) is 34.9 Å². The molecule has 4 heteroatoms. The van der Waals surface area contributed by atoms with Crippen molar-refractivity contribution in [1.29, 1.82) is 0 Å². The van der Waals surface area contributed by atoms with Crippen LogP contribution >= 0.6 is 0 Å². The van der Waals surface area contributed by atoms with Crippen LogP contribution in [0.25, 0.3) is 0 Å². The molecule has 0 spiro atoms. The highest BCUT2D eigenvalue weighted by molar-refractivity contribution is 6.07. The van der Waals surface area contributed by atoms with Gasteiger partial charge in [-0.3, -0.25) is 9.59 Å². The molecule has 1 aromatic carbocycles. The van der Waals surface area contributed by atoms with Gasteiger partial charge >= 0.3 is 11.9 Å². The first kappa shape index (κ1) is 9.71. The first-order valence-corrected chi connectivity index (χ1v) is 4.55. The Labute approximate surface area is 86.2 Å². The lowest BCUT2D eigenvalue weighted by atomic mass is 9.63. The highest BCUT2D eigenvalue weighted by Crippen LogP contribution is 2.42. The number of benzene rings is 1. The van der Waals surface area contributed by atoms with E-state index in [1.807, 2.05) is 13.0 Å². The molecule has 1 aliphatic carbocycles. The fraction of sp³-hybridized carbons (Fsp3) is 0.273. The number of fused-ring (bicyclic) bond motifs is 1. The molecule has 0 radical (unpaired) electrons. The number of carbonyl (C=O) groups is 2. The smallest absolute Gasteiger partial charge is 0.325 e. The molecule has 4 nitrogen and oxygen atoms in total. The third kappa shape index (κ3) is 1.08. The Bertz CT molecular complexity index is 448. The highest BCUT2D eigenvalue weighted by Gasteiger charge is 2.56. The fourth-order valence-electron chi connectivity index (χ4n) is 2.03. The van der Waals surface area contributed by atoms with E-state index >= 15 is 0 Å². The minimum atomic E-state index is -1.72. The van der Waals surface area contributed by atoms with E-state index in [0.717, 1.165) is 11.1 Å².